The monoisotopic (exact) mass is 546 g/mol. The van der Waals surface area contributed by atoms with Gasteiger partial charge in [0.05, 0.1) is 0 Å². The Morgan fingerprint density at radius 3 is 1.97 bits per heavy atom. The Morgan fingerprint density at radius 2 is 1.39 bits per heavy atom. The average Bonchev–Trinajstić information content (AvgIpc) is 2.92. The smallest absolute Gasteiger partial charge is 0.207 e. The van der Waals surface area contributed by atoms with Crippen LogP contribution in [0.3, 0.4) is 0 Å². The summed E-state index contributed by atoms with van der Waals surface area (Å²) in [5.74, 6) is 0. The van der Waals surface area contributed by atoms with E-state index in [4.69, 9.17) is 23.2 Å². The van der Waals surface area contributed by atoms with Gasteiger partial charge in [-0.15, -0.1) is 0 Å². The van der Waals surface area contributed by atoms with Crippen LogP contribution in [-0.4, -0.2) is 40.8 Å². The number of hydrogen-bond acceptors (Lipinski definition) is 4. The van der Waals surface area contributed by atoms with Crippen molar-refractivity contribution in [2.75, 3.05) is 19.6 Å². The van der Waals surface area contributed by atoms with Crippen LogP contribution >= 0.6 is 23.2 Å². The molecule has 1 heterocycles. The summed E-state index contributed by atoms with van der Waals surface area (Å²) in [6, 6.07) is 30.7. The van der Waals surface area contributed by atoms with Crippen molar-refractivity contribution in [1.29, 1.82) is 0 Å². The number of rotatable bonds is 14. The molecule has 0 spiro atoms. The van der Waals surface area contributed by atoms with Gasteiger partial charge in [-0.2, -0.15) is 0 Å². The third-order valence-electron chi connectivity index (χ3n) is 6.41. The predicted octanol–water partition coefficient (Wildman–Crippen LogP) is 6.38. The average molecular weight is 548 g/mol. The van der Waals surface area contributed by atoms with E-state index in [9.17, 15) is 4.79 Å². The van der Waals surface area contributed by atoms with Gasteiger partial charge in [-0.1, -0.05) is 77.8 Å². The molecule has 1 aromatic heterocycles. The zero-order valence-corrected chi connectivity index (χ0v) is 22.7. The molecule has 0 aliphatic heterocycles. The second-order valence-electron chi connectivity index (χ2n) is 9.25. The Bertz CT molecular complexity index is 1230. The van der Waals surface area contributed by atoms with Gasteiger partial charge in [0, 0.05) is 67.7 Å². The molecule has 7 heteroatoms. The fraction of sp³-hybridized carbons (Fsp3) is 0.226. The first-order chi connectivity index (χ1) is 18.6. The molecule has 38 heavy (non-hydrogen) atoms. The van der Waals surface area contributed by atoms with Gasteiger partial charge >= 0.3 is 0 Å². The van der Waals surface area contributed by atoms with Crippen molar-refractivity contribution in [2.24, 2.45) is 0 Å². The standard InChI is InChI=1S/C31H32Cl2N4O/c32-29-10-4-6-26(18-29)20-36(21-27-7-5-11-30(33)19-27)23-31(28-8-2-1-3-9-28)37(17-16-35-24-38)22-25-12-14-34-15-13-25/h1-15,18-19,24,31H,16-17,20-23H2,(H,35,38). The van der Waals surface area contributed by atoms with Gasteiger partial charge in [0.1, 0.15) is 0 Å². The van der Waals surface area contributed by atoms with Crippen molar-refractivity contribution in [2.45, 2.75) is 25.7 Å². The molecule has 0 aliphatic carbocycles. The maximum atomic E-state index is 11.1. The van der Waals surface area contributed by atoms with Crippen molar-refractivity contribution in [3.05, 3.63) is 136 Å². The van der Waals surface area contributed by atoms with E-state index in [1.165, 1.54) is 11.1 Å². The number of pyridine rings is 1. The molecular formula is C31H32Cl2N4O. The number of carbonyl (C=O) groups excluding carboxylic acids is 1. The highest BCUT2D eigenvalue weighted by atomic mass is 35.5. The van der Waals surface area contributed by atoms with Crippen LogP contribution in [0.25, 0.3) is 0 Å². The molecule has 5 nitrogen and oxygen atoms in total. The molecule has 4 aromatic rings. The number of aromatic nitrogens is 1. The Kier molecular flexibility index (Phi) is 10.7. The summed E-state index contributed by atoms with van der Waals surface area (Å²) < 4.78 is 0. The molecule has 1 atom stereocenters. The van der Waals surface area contributed by atoms with Gasteiger partial charge in [0.2, 0.25) is 6.41 Å². The van der Waals surface area contributed by atoms with Crippen LogP contribution in [-0.2, 0) is 24.4 Å². The summed E-state index contributed by atoms with van der Waals surface area (Å²) in [6.07, 6.45) is 4.39. The second kappa shape index (κ2) is 14.6. The summed E-state index contributed by atoms with van der Waals surface area (Å²) in [6.45, 7) is 4.20. The van der Waals surface area contributed by atoms with Crippen LogP contribution in [0.2, 0.25) is 10.0 Å². The first-order valence-electron chi connectivity index (χ1n) is 12.7. The van der Waals surface area contributed by atoms with Crippen molar-refractivity contribution in [1.82, 2.24) is 20.1 Å². The van der Waals surface area contributed by atoms with Crippen molar-refractivity contribution >= 4 is 29.6 Å². The lowest BCUT2D eigenvalue weighted by Gasteiger charge is -2.36. The van der Waals surface area contributed by atoms with Gasteiger partial charge in [0.15, 0.2) is 0 Å². The number of benzene rings is 3. The molecule has 0 bridgehead atoms. The number of nitrogens with zero attached hydrogens (tertiary/aromatic N) is 3. The molecule has 0 radical (unpaired) electrons. The maximum absolute atomic E-state index is 11.1. The fourth-order valence-corrected chi connectivity index (χ4v) is 5.08. The highest BCUT2D eigenvalue weighted by Gasteiger charge is 2.24. The molecule has 1 N–H and O–H groups in total. The number of nitrogens with one attached hydrogen (secondary N) is 1. The lowest BCUT2D eigenvalue weighted by atomic mass is 10.0. The zero-order chi connectivity index (χ0) is 26.6. The molecule has 196 valence electrons. The quantitative estimate of drug-likeness (QED) is 0.147. The maximum Gasteiger partial charge on any atom is 0.207 e. The third-order valence-corrected chi connectivity index (χ3v) is 6.88. The molecule has 0 fully saturated rings. The van der Waals surface area contributed by atoms with E-state index in [1.54, 1.807) is 0 Å². The number of halogens is 2. The number of amides is 1. The summed E-state index contributed by atoms with van der Waals surface area (Å²) in [7, 11) is 0. The lowest BCUT2D eigenvalue weighted by Crippen LogP contribution is -2.40. The minimum atomic E-state index is 0.0659. The van der Waals surface area contributed by atoms with E-state index in [0.717, 1.165) is 53.8 Å². The zero-order valence-electron chi connectivity index (χ0n) is 21.2. The van der Waals surface area contributed by atoms with Crippen LogP contribution in [0.1, 0.15) is 28.3 Å². The molecule has 0 saturated heterocycles. The molecule has 3 aromatic carbocycles. The van der Waals surface area contributed by atoms with E-state index in [1.807, 2.05) is 67.0 Å². The second-order valence-corrected chi connectivity index (χ2v) is 10.1. The molecule has 0 saturated carbocycles. The van der Waals surface area contributed by atoms with E-state index >= 15 is 0 Å². The molecule has 4 rings (SSSR count). The van der Waals surface area contributed by atoms with Gasteiger partial charge in [-0.3, -0.25) is 19.6 Å². The van der Waals surface area contributed by atoms with E-state index in [-0.39, 0.29) is 6.04 Å². The van der Waals surface area contributed by atoms with E-state index < -0.39 is 0 Å². The first-order valence-corrected chi connectivity index (χ1v) is 13.4. The van der Waals surface area contributed by atoms with Gasteiger partial charge < -0.3 is 5.32 Å². The van der Waals surface area contributed by atoms with E-state index in [2.05, 4.69) is 56.5 Å². The Labute approximate surface area is 235 Å². The van der Waals surface area contributed by atoms with Crippen LogP contribution in [0.4, 0.5) is 0 Å². The first kappa shape index (κ1) is 27.8. The number of hydrogen-bond donors (Lipinski definition) is 1. The number of carbonyl (C=O) groups is 1. The SMILES string of the molecule is O=CNCCN(Cc1ccncc1)C(CN(Cc1cccc(Cl)c1)Cc1cccc(Cl)c1)c1ccccc1. The minimum Gasteiger partial charge on any atom is -0.357 e. The summed E-state index contributed by atoms with van der Waals surface area (Å²) in [4.78, 5) is 20.1. The molecule has 1 unspecified atom stereocenters. The van der Waals surface area contributed by atoms with E-state index in [0.29, 0.717) is 13.1 Å². The summed E-state index contributed by atoms with van der Waals surface area (Å²) >= 11 is 12.7. The van der Waals surface area contributed by atoms with Crippen LogP contribution in [0, 0.1) is 0 Å². The molecular weight excluding hydrogens is 515 g/mol. The van der Waals surface area contributed by atoms with Crippen LogP contribution in [0.5, 0.6) is 0 Å². The van der Waals surface area contributed by atoms with Crippen molar-refractivity contribution < 1.29 is 4.79 Å². The fourth-order valence-electron chi connectivity index (χ4n) is 4.66. The highest BCUT2D eigenvalue weighted by Crippen LogP contribution is 2.26. The topological polar surface area (TPSA) is 48.5 Å². The summed E-state index contributed by atoms with van der Waals surface area (Å²) in [5, 5.41) is 4.29. The largest absolute Gasteiger partial charge is 0.357 e. The highest BCUT2D eigenvalue weighted by molar-refractivity contribution is 6.30. The normalized spacial score (nSPS) is 12.0. The van der Waals surface area contributed by atoms with Gasteiger partial charge in [-0.05, 0) is 58.7 Å². The Hall–Kier alpha value is -3.22. The minimum absolute atomic E-state index is 0.0659. The van der Waals surface area contributed by atoms with Crippen molar-refractivity contribution in [3.8, 4) is 0 Å². The third kappa shape index (κ3) is 8.67. The molecule has 1 amide bonds. The Balaban J connectivity index is 1.68. The molecule has 0 aliphatic rings. The lowest BCUT2D eigenvalue weighted by molar-refractivity contribution is -0.109. The van der Waals surface area contributed by atoms with Crippen molar-refractivity contribution in [3.63, 3.8) is 0 Å². The van der Waals surface area contributed by atoms with Crippen LogP contribution < -0.4 is 5.32 Å². The Morgan fingerprint density at radius 1 is 0.763 bits per heavy atom. The van der Waals surface area contributed by atoms with Gasteiger partial charge in [0.25, 0.3) is 0 Å². The summed E-state index contributed by atoms with van der Waals surface area (Å²) in [5.41, 5.74) is 4.68. The van der Waals surface area contributed by atoms with Gasteiger partial charge in [-0.25, -0.2) is 0 Å². The van der Waals surface area contributed by atoms with Crippen LogP contribution in [0.15, 0.2) is 103 Å². The predicted molar refractivity (Wildman–Crippen MR) is 155 cm³/mol.